The molecule has 2 heteroatoms. The van der Waals surface area contributed by atoms with E-state index in [0.29, 0.717) is 0 Å². The highest BCUT2D eigenvalue weighted by Gasteiger charge is 2.24. The topological polar surface area (TPSA) is 17.8 Å². The van der Waals surface area contributed by atoms with E-state index in [1.165, 1.54) is 23.7 Å². The van der Waals surface area contributed by atoms with E-state index in [0.717, 1.165) is 11.7 Å². The predicted octanol–water partition coefficient (Wildman–Crippen LogP) is 2.68. The minimum absolute atomic E-state index is 0.752. The van der Waals surface area contributed by atoms with E-state index in [2.05, 4.69) is 27.9 Å². The molecule has 0 atom stereocenters. The molecule has 0 aliphatic heterocycles. The minimum atomic E-state index is 0.752. The number of hydrogen-bond donors (Lipinski definition) is 0. The van der Waals surface area contributed by atoms with Crippen molar-refractivity contribution in [2.45, 2.75) is 25.8 Å². The summed E-state index contributed by atoms with van der Waals surface area (Å²) in [5, 5.41) is 1.32. The van der Waals surface area contributed by atoms with Crippen LogP contribution in [-0.4, -0.2) is 9.55 Å². The van der Waals surface area contributed by atoms with Crippen molar-refractivity contribution in [2.75, 3.05) is 0 Å². The number of hydrogen-bond acceptors (Lipinski definition) is 1. The highest BCUT2D eigenvalue weighted by atomic mass is 15.0. The van der Waals surface area contributed by atoms with E-state index >= 15 is 0 Å². The molecule has 0 radical (unpaired) electrons. The van der Waals surface area contributed by atoms with E-state index in [4.69, 9.17) is 0 Å². The largest absolute Gasteiger partial charge is 0.343 e. The van der Waals surface area contributed by atoms with Crippen LogP contribution in [0.5, 0.6) is 0 Å². The van der Waals surface area contributed by atoms with Gasteiger partial charge >= 0.3 is 0 Å². The Kier molecular flexibility index (Phi) is 1.29. The van der Waals surface area contributed by atoms with Crippen LogP contribution < -0.4 is 0 Å². The monoisotopic (exact) mass is 172 g/mol. The van der Waals surface area contributed by atoms with Crippen molar-refractivity contribution in [1.82, 2.24) is 9.55 Å². The number of rotatable bonds is 1. The molecular weight excluding hydrogens is 160 g/mol. The van der Waals surface area contributed by atoms with Gasteiger partial charge in [0.05, 0.1) is 11.7 Å². The Balaban J connectivity index is 2.26. The fraction of sp³-hybridized carbons (Fsp3) is 0.364. The molecule has 0 N–H and O–H groups in total. The van der Waals surface area contributed by atoms with Gasteiger partial charge in [0.15, 0.2) is 0 Å². The first-order valence-electron chi connectivity index (χ1n) is 4.78. The average molecular weight is 172 g/mol. The second-order valence-electron chi connectivity index (χ2n) is 3.84. The molecule has 3 rings (SSSR count). The maximum Gasteiger partial charge on any atom is 0.0669 e. The molecule has 1 aliphatic rings. The molecule has 1 aliphatic carbocycles. The van der Waals surface area contributed by atoms with Crippen LogP contribution in [-0.2, 0) is 0 Å². The third-order valence-corrected chi connectivity index (χ3v) is 2.68. The number of fused-ring (bicyclic) bond motifs is 1. The zero-order valence-corrected chi connectivity index (χ0v) is 7.70. The van der Waals surface area contributed by atoms with Crippen LogP contribution >= 0.6 is 0 Å². The van der Waals surface area contributed by atoms with Crippen molar-refractivity contribution in [1.29, 1.82) is 0 Å². The summed E-state index contributed by atoms with van der Waals surface area (Å²) in [6.45, 7) is 2.04. The van der Waals surface area contributed by atoms with Crippen LogP contribution in [0.4, 0.5) is 0 Å². The van der Waals surface area contributed by atoms with Gasteiger partial charge < -0.3 is 4.57 Å². The quantitative estimate of drug-likeness (QED) is 0.646. The van der Waals surface area contributed by atoms with Crippen molar-refractivity contribution in [2.24, 2.45) is 0 Å². The van der Waals surface area contributed by atoms with Crippen molar-refractivity contribution in [3.05, 3.63) is 30.2 Å². The summed E-state index contributed by atoms with van der Waals surface area (Å²) in [6.07, 6.45) is 6.84. The zero-order valence-electron chi connectivity index (χ0n) is 7.70. The van der Waals surface area contributed by atoms with Gasteiger partial charge in [-0.05, 0) is 31.9 Å². The Labute approximate surface area is 77.2 Å². The fourth-order valence-electron chi connectivity index (χ4n) is 1.84. The predicted molar refractivity (Wildman–Crippen MR) is 52.7 cm³/mol. The van der Waals surface area contributed by atoms with Gasteiger partial charge in [0.25, 0.3) is 0 Å². The summed E-state index contributed by atoms with van der Waals surface area (Å²) in [6, 6.07) is 5.08. The number of aromatic nitrogens is 2. The minimum Gasteiger partial charge on any atom is -0.343 e. The summed E-state index contributed by atoms with van der Waals surface area (Å²) in [5.74, 6) is 0. The van der Waals surface area contributed by atoms with E-state index in [1.54, 1.807) is 0 Å². The molecule has 0 amide bonds. The molecule has 2 heterocycles. The lowest BCUT2D eigenvalue weighted by Gasteiger charge is -2.01. The molecule has 0 bridgehead atoms. The summed E-state index contributed by atoms with van der Waals surface area (Å²) >= 11 is 0. The molecule has 66 valence electrons. The number of aryl methyl sites for hydroxylation is 1. The van der Waals surface area contributed by atoms with Crippen molar-refractivity contribution in [3.8, 4) is 0 Å². The summed E-state index contributed by atoms with van der Waals surface area (Å²) in [5.41, 5.74) is 2.38. The van der Waals surface area contributed by atoms with Crippen LogP contribution in [0.1, 0.15) is 24.6 Å². The molecule has 1 saturated carbocycles. The van der Waals surface area contributed by atoms with Gasteiger partial charge in [-0.25, -0.2) is 0 Å². The van der Waals surface area contributed by atoms with Crippen molar-refractivity contribution < 1.29 is 0 Å². The normalized spacial score (nSPS) is 16.7. The lowest BCUT2D eigenvalue weighted by Crippen LogP contribution is -1.91. The maximum atomic E-state index is 4.33. The molecule has 0 spiro atoms. The Morgan fingerprint density at radius 1 is 1.46 bits per heavy atom. The van der Waals surface area contributed by atoms with Crippen LogP contribution in [0.15, 0.2) is 24.5 Å². The van der Waals surface area contributed by atoms with Crippen LogP contribution in [0.3, 0.4) is 0 Å². The summed E-state index contributed by atoms with van der Waals surface area (Å²) in [7, 11) is 0. The second kappa shape index (κ2) is 2.34. The van der Waals surface area contributed by atoms with Gasteiger partial charge in [0.2, 0.25) is 0 Å². The number of nitrogens with zero attached hydrogens (tertiary/aromatic N) is 2. The second-order valence-corrected chi connectivity index (χ2v) is 3.84. The van der Waals surface area contributed by atoms with Crippen LogP contribution in [0.2, 0.25) is 0 Å². The molecule has 13 heavy (non-hydrogen) atoms. The maximum absolute atomic E-state index is 4.33. The first-order chi connectivity index (χ1) is 6.34. The molecule has 2 aromatic heterocycles. The van der Waals surface area contributed by atoms with Gasteiger partial charge in [-0.3, -0.25) is 4.98 Å². The lowest BCUT2D eigenvalue weighted by molar-refractivity contribution is 0.774. The molecule has 2 nitrogen and oxygen atoms in total. The first-order valence-corrected chi connectivity index (χ1v) is 4.78. The van der Waals surface area contributed by atoms with E-state index in [-0.39, 0.29) is 0 Å². The number of pyridine rings is 1. The Hall–Kier alpha value is -1.31. The lowest BCUT2D eigenvalue weighted by atomic mass is 10.3. The third kappa shape index (κ3) is 1.05. The van der Waals surface area contributed by atoms with Crippen LogP contribution in [0, 0.1) is 6.92 Å². The van der Waals surface area contributed by atoms with Gasteiger partial charge in [-0.1, -0.05) is 0 Å². The standard InChI is InChI=1S/C11H12N2/c1-8-6-9-4-5-13(10-2-3-10)11(9)7-12-8/h4-7,10H,2-3H2,1H3. The molecule has 1 fully saturated rings. The van der Waals surface area contributed by atoms with Gasteiger partial charge in [-0.2, -0.15) is 0 Å². The van der Waals surface area contributed by atoms with Crippen molar-refractivity contribution in [3.63, 3.8) is 0 Å². The fourth-order valence-corrected chi connectivity index (χ4v) is 1.84. The molecule has 0 unspecified atom stereocenters. The van der Waals surface area contributed by atoms with Gasteiger partial charge in [0.1, 0.15) is 0 Å². The van der Waals surface area contributed by atoms with E-state index in [1.807, 2.05) is 13.1 Å². The average Bonchev–Trinajstić information content (AvgIpc) is 2.87. The van der Waals surface area contributed by atoms with Crippen LogP contribution in [0.25, 0.3) is 10.9 Å². The summed E-state index contributed by atoms with van der Waals surface area (Å²) < 4.78 is 2.35. The van der Waals surface area contributed by atoms with Gasteiger partial charge in [0, 0.05) is 23.3 Å². The van der Waals surface area contributed by atoms with Crippen molar-refractivity contribution >= 4 is 10.9 Å². The van der Waals surface area contributed by atoms with Gasteiger partial charge in [-0.15, -0.1) is 0 Å². The smallest absolute Gasteiger partial charge is 0.0669 e. The highest BCUT2D eigenvalue weighted by molar-refractivity contribution is 5.79. The Morgan fingerprint density at radius 2 is 2.31 bits per heavy atom. The molecule has 0 aromatic carbocycles. The Morgan fingerprint density at radius 3 is 3.08 bits per heavy atom. The van der Waals surface area contributed by atoms with E-state index < -0.39 is 0 Å². The molecule has 0 saturated heterocycles. The molecular formula is C11H12N2. The molecule has 2 aromatic rings. The SMILES string of the molecule is Cc1cc2ccn(C3CC3)c2cn1. The zero-order chi connectivity index (χ0) is 8.84. The third-order valence-electron chi connectivity index (χ3n) is 2.68. The first kappa shape index (κ1) is 7.13. The highest BCUT2D eigenvalue weighted by Crippen LogP contribution is 2.37. The summed E-state index contributed by atoms with van der Waals surface area (Å²) in [4.78, 5) is 4.33. The van der Waals surface area contributed by atoms with E-state index in [9.17, 15) is 0 Å². The Bertz CT molecular complexity index is 452.